The van der Waals surface area contributed by atoms with Gasteiger partial charge in [0.25, 0.3) is 0 Å². The van der Waals surface area contributed by atoms with Crippen LogP contribution in [0.5, 0.6) is 5.75 Å². The molecule has 1 amide bonds. The minimum Gasteiger partial charge on any atom is -0.497 e. The molecule has 5 nitrogen and oxygen atoms in total. The Balaban J connectivity index is 1.83. The first-order valence-electron chi connectivity index (χ1n) is 5.75. The third kappa shape index (κ3) is 3.00. The van der Waals surface area contributed by atoms with Gasteiger partial charge in [-0.3, -0.25) is 4.79 Å². The largest absolute Gasteiger partial charge is 0.497 e. The lowest BCUT2D eigenvalue weighted by atomic mass is 10.2. The van der Waals surface area contributed by atoms with Gasteiger partial charge in [0.15, 0.2) is 5.78 Å². The molecule has 1 saturated heterocycles. The van der Waals surface area contributed by atoms with Crippen LogP contribution < -0.4 is 4.74 Å². The fraction of sp³-hybridized carbons (Fsp3) is 0.385. The van der Waals surface area contributed by atoms with E-state index in [0.717, 1.165) is 11.3 Å². The number of carbonyl (C=O) groups excluding carboxylic acids is 2. The minimum absolute atomic E-state index is 0.0800. The molecule has 1 heterocycles. The highest BCUT2D eigenvalue weighted by atomic mass is 16.6. The number of hydrogen-bond donors (Lipinski definition) is 0. The maximum Gasteiger partial charge on any atom is 0.410 e. The molecule has 1 aromatic carbocycles. The van der Waals surface area contributed by atoms with E-state index >= 15 is 0 Å². The van der Waals surface area contributed by atoms with Crippen molar-refractivity contribution in [1.29, 1.82) is 0 Å². The van der Waals surface area contributed by atoms with Gasteiger partial charge in [-0.2, -0.15) is 0 Å². The van der Waals surface area contributed by atoms with Gasteiger partial charge in [0.05, 0.1) is 13.7 Å². The Labute approximate surface area is 105 Å². The first kappa shape index (κ1) is 12.4. The number of carbonyl (C=O) groups is 2. The summed E-state index contributed by atoms with van der Waals surface area (Å²) in [5.41, 5.74) is 0.884. The fourth-order valence-electron chi connectivity index (χ4n) is 1.74. The molecule has 1 aromatic rings. The van der Waals surface area contributed by atoms with Crippen molar-refractivity contribution in [2.45, 2.75) is 13.0 Å². The van der Waals surface area contributed by atoms with E-state index in [0.29, 0.717) is 13.0 Å². The summed E-state index contributed by atoms with van der Waals surface area (Å²) in [6.45, 7) is 0.829. The molecular weight excluding hydrogens is 234 g/mol. The van der Waals surface area contributed by atoms with Gasteiger partial charge in [-0.25, -0.2) is 4.79 Å². The van der Waals surface area contributed by atoms with Crippen molar-refractivity contribution in [1.82, 2.24) is 4.90 Å². The maximum atomic E-state index is 11.6. The molecule has 0 bridgehead atoms. The van der Waals surface area contributed by atoms with Crippen LogP contribution in [0.25, 0.3) is 0 Å². The lowest BCUT2D eigenvalue weighted by molar-refractivity contribution is -0.116. The van der Waals surface area contributed by atoms with Crippen molar-refractivity contribution >= 4 is 11.9 Å². The van der Waals surface area contributed by atoms with Gasteiger partial charge >= 0.3 is 6.09 Å². The molecule has 0 aromatic heterocycles. The topological polar surface area (TPSA) is 55.8 Å². The number of Topliss-reactive ketones (excluding diaryl/α,β-unsaturated/α-hetero) is 1. The standard InChI is InChI=1S/C13H15NO4/c1-17-12-4-2-10(3-5-12)9-18-13(16)14-7-6-11(15)8-14/h2-5H,6-9H2,1H3. The van der Waals surface area contributed by atoms with Gasteiger partial charge in [-0.05, 0) is 17.7 Å². The zero-order valence-corrected chi connectivity index (χ0v) is 10.2. The van der Waals surface area contributed by atoms with Crippen molar-refractivity contribution in [2.75, 3.05) is 20.2 Å². The third-order valence-electron chi connectivity index (χ3n) is 2.81. The van der Waals surface area contributed by atoms with Crippen LogP contribution >= 0.6 is 0 Å². The lowest BCUT2D eigenvalue weighted by Crippen LogP contribution is -2.29. The number of ketones is 1. The monoisotopic (exact) mass is 249 g/mol. The molecule has 2 rings (SSSR count). The molecule has 0 unspecified atom stereocenters. The normalized spacial score (nSPS) is 14.7. The molecule has 18 heavy (non-hydrogen) atoms. The first-order chi connectivity index (χ1) is 8.69. The van der Waals surface area contributed by atoms with E-state index in [9.17, 15) is 9.59 Å². The van der Waals surface area contributed by atoms with Gasteiger partial charge in [-0.15, -0.1) is 0 Å². The highest BCUT2D eigenvalue weighted by Gasteiger charge is 2.24. The summed E-state index contributed by atoms with van der Waals surface area (Å²) >= 11 is 0. The molecule has 0 radical (unpaired) electrons. The number of ether oxygens (including phenoxy) is 2. The van der Waals surface area contributed by atoms with Crippen molar-refractivity contribution in [3.8, 4) is 5.75 Å². The third-order valence-corrected chi connectivity index (χ3v) is 2.81. The molecule has 0 atom stereocenters. The van der Waals surface area contributed by atoms with Gasteiger partial charge < -0.3 is 14.4 Å². The average molecular weight is 249 g/mol. The molecule has 1 aliphatic heterocycles. The Kier molecular flexibility index (Phi) is 3.82. The highest BCUT2D eigenvalue weighted by molar-refractivity contribution is 5.87. The number of benzene rings is 1. The molecule has 0 N–H and O–H groups in total. The summed E-state index contributed by atoms with van der Waals surface area (Å²) in [4.78, 5) is 24.1. The molecule has 5 heteroatoms. The average Bonchev–Trinajstić information content (AvgIpc) is 2.83. The summed E-state index contributed by atoms with van der Waals surface area (Å²) in [6, 6.07) is 7.29. The summed E-state index contributed by atoms with van der Waals surface area (Å²) in [7, 11) is 1.60. The number of methoxy groups -OCH3 is 1. The van der Waals surface area contributed by atoms with Crippen molar-refractivity contribution in [2.24, 2.45) is 0 Å². The first-order valence-corrected chi connectivity index (χ1v) is 5.75. The zero-order valence-electron chi connectivity index (χ0n) is 10.2. The minimum atomic E-state index is -0.434. The van der Waals surface area contributed by atoms with E-state index in [-0.39, 0.29) is 18.9 Å². The van der Waals surface area contributed by atoms with Crippen molar-refractivity contribution < 1.29 is 19.1 Å². The van der Waals surface area contributed by atoms with E-state index in [1.165, 1.54) is 4.90 Å². The van der Waals surface area contributed by atoms with Gasteiger partial charge in [-0.1, -0.05) is 12.1 Å². The molecule has 96 valence electrons. The summed E-state index contributed by atoms with van der Waals surface area (Å²) < 4.78 is 10.2. The second-order valence-corrected chi connectivity index (χ2v) is 4.11. The van der Waals surface area contributed by atoms with Gasteiger partial charge in [0.2, 0.25) is 0 Å². The maximum absolute atomic E-state index is 11.6. The van der Waals surface area contributed by atoms with Crippen LogP contribution in [-0.4, -0.2) is 37.0 Å². The SMILES string of the molecule is COc1ccc(COC(=O)N2CCC(=O)C2)cc1. The molecule has 1 fully saturated rings. The van der Waals surface area contributed by atoms with Crippen LogP contribution in [0.15, 0.2) is 24.3 Å². The molecule has 0 spiro atoms. The number of hydrogen-bond acceptors (Lipinski definition) is 4. The Morgan fingerprint density at radius 3 is 2.61 bits per heavy atom. The Morgan fingerprint density at radius 1 is 1.33 bits per heavy atom. The van der Waals surface area contributed by atoms with Crippen LogP contribution in [0, 0.1) is 0 Å². The van der Waals surface area contributed by atoms with Crippen LogP contribution in [-0.2, 0) is 16.1 Å². The van der Waals surface area contributed by atoms with E-state index in [1.807, 2.05) is 24.3 Å². The summed E-state index contributed by atoms with van der Waals surface area (Å²) in [6.07, 6.45) is -0.00543. The predicted octanol–water partition coefficient (Wildman–Crippen LogP) is 1.61. The molecule has 1 aliphatic rings. The Hall–Kier alpha value is -2.04. The fourth-order valence-corrected chi connectivity index (χ4v) is 1.74. The van der Waals surface area contributed by atoms with Crippen LogP contribution in [0.2, 0.25) is 0 Å². The van der Waals surface area contributed by atoms with Gasteiger partial charge in [0.1, 0.15) is 12.4 Å². The number of nitrogens with zero attached hydrogens (tertiary/aromatic N) is 1. The number of likely N-dealkylation sites (tertiary alicyclic amines) is 1. The molecular formula is C13H15NO4. The number of amides is 1. The van der Waals surface area contributed by atoms with Gasteiger partial charge in [0, 0.05) is 13.0 Å². The smallest absolute Gasteiger partial charge is 0.410 e. The van der Waals surface area contributed by atoms with Crippen molar-refractivity contribution in [3.63, 3.8) is 0 Å². The van der Waals surface area contributed by atoms with Crippen LogP contribution in [0.1, 0.15) is 12.0 Å². The van der Waals surface area contributed by atoms with Crippen molar-refractivity contribution in [3.05, 3.63) is 29.8 Å². The van der Waals surface area contributed by atoms with Crippen LogP contribution in [0.4, 0.5) is 4.79 Å². The highest BCUT2D eigenvalue weighted by Crippen LogP contribution is 2.13. The second kappa shape index (κ2) is 5.53. The van der Waals surface area contributed by atoms with E-state index < -0.39 is 6.09 Å². The molecule has 0 aliphatic carbocycles. The second-order valence-electron chi connectivity index (χ2n) is 4.11. The van der Waals surface area contributed by atoms with E-state index in [1.54, 1.807) is 7.11 Å². The zero-order chi connectivity index (χ0) is 13.0. The Bertz CT molecular complexity index is 441. The quantitative estimate of drug-likeness (QED) is 0.816. The lowest BCUT2D eigenvalue weighted by Gasteiger charge is -2.14. The summed E-state index contributed by atoms with van der Waals surface area (Å²) in [5.74, 6) is 0.839. The predicted molar refractivity (Wildman–Crippen MR) is 64.4 cm³/mol. The molecule has 0 saturated carbocycles. The Morgan fingerprint density at radius 2 is 2.06 bits per heavy atom. The van der Waals surface area contributed by atoms with Crippen LogP contribution in [0.3, 0.4) is 0 Å². The van der Waals surface area contributed by atoms with E-state index in [4.69, 9.17) is 9.47 Å². The summed E-state index contributed by atoms with van der Waals surface area (Å²) in [5, 5.41) is 0. The van der Waals surface area contributed by atoms with E-state index in [2.05, 4.69) is 0 Å². The number of rotatable bonds is 3.